The van der Waals surface area contributed by atoms with Gasteiger partial charge in [-0.1, -0.05) is 32.9 Å². The third kappa shape index (κ3) is 2.17. The van der Waals surface area contributed by atoms with Crippen LogP contribution in [0.1, 0.15) is 53.4 Å². The molecule has 1 aliphatic heterocycles. The molecule has 2 atom stereocenters. The molecule has 0 aromatic carbocycles. The molecule has 1 fully saturated rings. The first-order chi connectivity index (χ1) is 7.97. The van der Waals surface area contributed by atoms with Crippen LogP contribution in [0.15, 0.2) is 23.9 Å². The predicted molar refractivity (Wildman–Crippen MR) is 74.8 cm³/mol. The van der Waals surface area contributed by atoms with E-state index in [1.54, 1.807) is 11.1 Å². The molecule has 1 aliphatic carbocycles. The van der Waals surface area contributed by atoms with Crippen molar-refractivity contribution in [3.8, 4) is 0 Å². The van der Waals surface area contributed by atoms with Gasteiger partial charge in [-0.25, -0.2) is 0 Å². The zero-order valence-corrected chi connectivity index (χ0v) is 11.9. The molecule has 1 nitrogen and oxygen atoms in total. The van der Waals surface area contributed by atoms with Crippen molar-refractivity contribution in [2.24, 2.45) is 11.3 Å². The lowest BCUT2D eigenvalue weighted by atomic mass is 9.66. The van der Waals surface area contributed by atoms with Crippen molar-refractivity contribution in [2.75, 3.05) is 6.54 Å². The number of allylic oxidation sites excluding steroid dienone is 1. The van der Waals surface area contributed by atoms with Gasteiger partial charge < -0.3 is 4.90 Å². The van der Waals surface area contributed by atoms with E-state index in [0.717, 1.165) is 5.92 Å². The van der Waals surface area contributed by atoms with E-state index in [4.69, 9.17) is 0 Å². The van der Waals surface area contributed by atoms with E-state index in [2.05, 4.69) is 39.2 Å². The Kier molecular flexibility index (Phi) is 3.38. The summed E-state index contributed by atoms with van der Waals surface area (Å²) >= 11 is 0. The molecule has 17 heavy (non-hydrogen) atoms. The second-order valence-electron chi connectivity index (χ2n) is 6.50. The highest BCUT2D eigenvalue weighted by atomic mass is 15.2. The number of rotatable bonds is 2. The molecule has 0 aromatic heterocycles. The third-order valence-corrected chi connectivity index (χ3v) is 4.96. The Hall–Kier alpha value is -0.720. The van der Waals surface area contributed by atoms with E-state index < -0.39 is 0 Å². The molecule has 0 saturated carbocycles. The Bertz CT molecular complexity index is 337. The van der Waals surface area contributed by atoms with E-state index in [1.807, 2.05) is 6.20 Å². The van der Waals surface area contributed by atoms with Gasteiger partial charge >= 0.3 is 0 Å². The molecular formula is C16H27N. The quantitative estimate of drug-likeness (QED) is 0.640. The lowest BCUT2D eigenvalue weighted by Crippen LogP contribution is -2.36. The van der Waals surface area contributed by atoms with Crippen LogP contribution >= 0.6 is 0 Å². The number of likely N-dealkylation sites (tertiary alicyclic amines) is 1. The van der Waals surface area contributed by atoms with E-state index in [1.165, 1.54) is 32.2 Å². The second-order valence-corrected chi connectivity index (χ2v) is 6.50. The summed E-state index contributed by atoms with van der Waals surface area (Å²) < 4.78 is 0. The molecule has 0 N–H and O–H groups in total. The Labute approximate surface area is 107 Å². The van der Waals surface area contributed by atoms with Crippen molar-refractivity contribution in [3.63, 3.8) is 0 Å². The van der Waals surface area contributed by atoms with Gasteiger partial charge in [0.25, 0.3) is 0 Å². The predicted octanol–water partition coefficient (Wildman–Crippen LogP) is 4.37. The highest BCUT2D eigenvalue weighted by molar-refractivity contribution is 5.30. The first kappa shape index (κ1) is 12.7. The fourth-order valence-electron chi connectivity index (χ4n) is 3.76. The Balaban J connectivity index is 2.38. The molecular weight excluding hydrogens is 206 g/mol. The van der Waals surface area contributed by atoms with Crippen molar-refractivity contribution in [3.05, 3.63) is 23.9 Å². The van der Waals surface area contributed by atoms with Crippen LogP contribution in [0.3, 0.4) is 0 Å². The first-order valence-corrected chi connectivity index (χ1v) is 7.07. The summed E-state index contributed by atoms with van der Waals surface area (Å²) in [6.45, 7) is 14.8. The topological polar surface area (TPSA) is 3.24 Å². The molecule has 1 saturated heterocycles. The molecule has 1 heteroatoms. The Morgan fingerprint density at radius 3 is 2.71 bits per heavy atom. The van der Waals surface area contributed by atoms with E-state index in [9.17, 15) is 0 Å². The molecule has 0 radical (unpaired) electrons. The third-order valence-electron chi connectivity index (χ3n) is 4.96. The van der Waals surface area contributed by atoms with Crippen LogP contribution in [0.4, 0.5) is 0 Å². The molecule has 2 aliphatic rings. The molecule has 0 aromatic rings. The highest BCUT2D eigenvalue weighted by Crippen LogP contribution is 2.47. The zero-order chi connectivity index (χ0) is 12.6. The average molecular weight is 233 g/mol. The SMILES string of the molecule is C=CN1CCCC1C1=C(C)C(C)CCC1(C)C. The summed E-state index contributed by atoms with van der Waals surface area (Å²) in [4.78, 5) is 2.46. The minimum absolute atomic E-state index is 0.382. The van der Waals surface area contributed by atoms with E-state index >= 15 is 0 Å². The fraction of sp³-hybridized carbons (Fsp3) is 0.750. The maximum atomic E-state index is 3.98. The van der Waals surface area contributed by atoms with Gasteiger partial charge in [-0.15, -0.1) is 0 Å². The van der Waals surface area contributed by atoms with Crippen molar-refractivity contribution in [2.45, 2.75) is 59.4 Å². The summed E-state index contributed by atoms with van der Waals surface area (Å²) in [5.41, 5.74) is 3.75. The standard InChI is InChI=1S/C16H27N/c1-6-17-11-7-8-14(17)15-13(3)12(2)9-10-16(15,4)5/h6,12,14H,1,7-11H2,2-5H3. The minimum atomic E-state index is 0.382. The van der Waals surface area contributed by atoms with Crippen LogP contribution in [-0.4, -0.2) is 17.5 Å². The van der Waals surface area contributed by atoms with Gasteiger partial charge in [-0.3, -0.25) is 0 Å². The molecule has 0 amide bonds. The highest BCUT2D eigenvalue weighted by Gasteiger charge is 2.38. The second kappa shape index (κ2) is 4.51. The first-order valence-electron chi connectivity index (χ1n) is 7.07. The monoisotopic (exact) mass is 233 g/mol. The normalized spacial score (nSPS) is 33.1. The van der Waals surface area contributed by atoms with Gasteiger partial charge in [0.2, 0.25) is 0 Å². The van der Waals surface area contributed by atoms with Crippen LogP contribution in [0, 0.1) is 11.3 Å². The number of nitrogens with zero attached hydrogens (tertiary/aromatic N) is 1. The molecule has 2 unspecified atom stereocenters. The van der Waals surface area contributed by atoms with Crippen LogP contribution in [0.2, 0.25) is 0 Å². The maximum Gasteiger partial charge on any atom is 0.0505 e. The molecule has 0 spiro atoms. The lowest BCUT2D eigenvalue weighted by molar-refractivity contribution is 0.265. The molecule has 96 valence electrons. The van der Waals surface area contributed by atoms with Gasteiger partial charge in [0.05, 0.1) is 6.04 Å². The summed E-state index contributed by atoms with van der Waals surface area (Å²) in [6, 6.07) is 0.630. The van der Waals surface area contributed by atoms with Crippen LogP contribution in [-0.2, 0) is 0 Å². The van der Waals surface area contributed by atoms with Crippen molar-refractivity contribution >= 4 is 0 Å². The molecule has 0 bridgehead atoms. The average Bonchev–Trinajstić information content (AvgIpc) is 2.72. The van der Waals surface area contributed by atoms with Gasteiger partial charge in [0, 0.05) is 6.54 Å². The van der Waals surface area contributed by atoms with Crippen molar-refractivity contribution in [1.82, 2.24) is 4.90 Å². The van der Waals surface area contributed by atoms with Gasteiger partial charge in [-0.05, 0) is 55.7 Å². The lowest BCUT2D eigenvalue weighted by Gasteiger charge is -2.42. The van der Waals surface area contributed by atoms with Crippen molar-refractivity contribution < 1.29 is 0 Å². The maximum absolute atomic E-state index is 3.98. The largest absolute Gasteiger partial charge is 0.371 e. The summed E-state index contributed by atoms with van der Waals surface area (Å²) in [5, 5.41) is 0. The van der Waals surface area contributed by atoms with E-state index in [0.29, 0.717) is 11.5 Å². The van der Waals surface area contributed by atoms with Crippen LogP contribution < -0.4 is 0 Å². The smallest absolute Gasteiger partial charge is 0.0505 e. The number of hydrogen-bond acceptors (Lipinski definition) is 1. The van der Waals surface area contributed by atoms with E-state index in [-0.39, 0.29) is 0 Å². The summed E-state index contributed by atoms with van der Waals surface area (Å²) in [7, 11) is 0. The Morgan fingerprint density at radius 2 is 2.06 bits per heavy atom. The van der Waals surface area contributed by atoms with Crippen LogP contribution in [0.5, 0.6) is 0 Å². The Morgan fingerprint density at radius 1 is 1.35 bits per heavy atom. The van der Waals surface area contributed by atoms with Crippen molar-refractivity contribution in [1.29, 1.82) is 0 Å². The minimum Gasteiger partial charge on any atom is -0.371 e. The number of hydrogen-bond donors (Lipinski definition) is 0. The van der Waals surface area contributed by atoms with Gasteiger partial charge in [0.1, 0.15) is 0 Å². The van der Waals surface area contributed by atoms with Gasteiger partial charge in [-0.2, -0.15) is 0 Å². The fourth-order valence-corrected chi connectivity index (χ4v) is 3.76. The molecule has 2 rings (SSSR count). The van der Waals surface area contributed by atoms with Crippen LogP contribution in [0.25, 0.3) is 0 Å². The summed E-state index contributed by atoms with van der Waals surface area (Å²) in [5.74, 6) is 0.769. The zero-order valence-electron chi connectivity index (χ0n) is 11.9. The molecule has 1 heterocycles. The summed E-state index contributed by atoms with van der Waals surface area (Å²) in [6.07, 6.45) is 7.37. The van der Waals surface area contributed by atoms with Gasteiger partial charge in [0.15, 0.2) is 0 Å².